The van der Waals surface area contributed by atoms with E-state index in [-0.39, 0.29) is 24.0 Å². The lowest BCUT2D eigenvalue weighted by Gasteiger charge is -2.10. The Morgan fingerprint density at radius 3 is 2.83 bits per heavy atom. The first kappa shape index (κ1) is 17.9. The maximum Gasteiger partial charge on any atom is 0.273 e. The number of halogens is 1. The lowest BCUT2D eigenvalue weighted by Crippen LogP contribution is -2.28. The second-order valence-corrected chi connectivity index (χ2v) is 5.52. The van der Waals surface area contributed by atoms with E-state index in [4.69, 9.17) is 14.0 Å². The van der Waals surface area contributed by atoms with Crippen molar-refractivity contribution in [2.24, 2.45) is 5.92 Å². The molecule has 1 aromatic carbocycles. The van der Waals surface area contributed by atoms with Gasteiger partial charge in [-0.3, -0.25) is 4.79 Å². The van der Waals surface area contributed by atoms with E-state index in [2.05, 4.69) is 10.5 Å². The normalized spacial score (nSPS) is 12.0. The summed E-state index contributed by atoms with van der Waals surface area (Å²) in [6.45, 7) is 3.34. The molecule has 0 aliphatic rings. The highest BCUT2D eigenvalue weighted by atomic mass is 19.1. The molecule has 0 radical (unpaired) electrons. The average Bonchev–Trinajstić information content (AvgIpc) is 3.06. The number of aromatic nitrogens is 1. The third-order valence-corrected chi connectivity index (χ3v) is 3.41. The summed E-state index contributed by atoms with van der Waals surface area (Å²) in [6, 6.07) is 7.17. The lowest BCUT2D eigenvalue weighted by molar-refractivity contribution is 0.0934. The molecule has 0 aliphatic carbocycles. The predicted octanol–water partition coefficient (Wildman–Crippen LogP) is 2.80. The number of carbonyl (C=O) groups is 1. The molecule has 6 nitrogen and oxygen atoms in total. The van der Waals surface area contributed by atoms with Gasteiger partial charge in [0.2, 0.25) is 0 Å². The van der Waals surface area contributed by atoms with Gasteiger partial charge < -0.3 is 19.3 Å². The number of rotatable bonds is 9. The largest absolute Gasteiger partial charge is 0.486 e. The van der Waals surface area contributed by atoms with Crippen molar-refractivity contribution in [1.82, 2.24) is 10.5 Å². The Bertz CT molecular complexity index is 642. The fraction of sp³-hybridized carbons (Fsp3) is 0.412. The Morgan fingerprint density at radius 1 is 1.38 bits per heavy atom. The number of amides is 1. The maximum atomic E-state index is 12.8. The molecule has 7 heteroatoms. The molecule has 0 saturated heterocycles. The van der Waals surface area contributed by atoms with E-state index in [0.717, 1.165) is 6.42 Å². The highest BCUT2D eigenvalue weighted by Gasteiger charge is 2.14. The third kappa shape index (κ3) is 5.66. The summed E-state index contributed by atoms with van der Waals surface area (Å²) in [6.07, 6.45) is 0.867. The molecule has 1 unspecified atom stereocenters. The fourth-order valence-corrected chi connectivity index (χ4v) is 1.95. The third-order valence-electron chi connectivity index (χ3n) is 3.41. The van der Waals surface area contributed by atoms with Crippen LogP contribution in [0.25, 0.3) is 0 Å². The summed E-state index contributed by atoms with van der Waals surface area (Å²) in [5, 5.41) is 6.53. The van der Waals surface area contributed by atoms with Crippen molar-refractivity contribution in [3.8, 4) is 5.75 Å². The smallest absolute Gasteiger partial charge is 0.273 e. The molecule has 0 bridgehead atoms. The van der Waals surface area contributed by atoms with Gasteiger partial charge in [-0.25, -0.2) is 4.39 Å². The van der Waals surface area contributed by atoms with Crippen LogP contribution in [0, 0.1) is 11.7 Å². The molecule has 2 aromatic rings. The minimum absolute atomic E-state index is 0.107. The van der Waals surface area contributed by atoms with Gasteiger partial charge in [0.15, 0.2) is 11.5 Å². The number of benzene rings is 1. The van der Waals surface area contributed by atoms with E-state index in [0.29, 0.717) is 30.6 Å². The van der Waals surface area contributed by atoms with Crippen LogP contribution in [0.15, 0.2) is 34.9 Å². The van der Waals surface area contributed by atoms with Crippen LogP contribution < -0.4 is 10.1 Å². The van der Waals surface area contributed by atoms with Crippen LogP contribution in [0.2, 0.25) is 0 Å². The topological polar surface area (TPSA) is 73.6 Å². The number of nitrogens with zero attached hydrogens (tertiary/aromatic N) is 1. The highest BCUT2D eigenvalue weighted by molar-refractivity contribution is 5.92. The van der Waals surface area contributed by atoms with Crippen molar-refractivity contribution in [3.05, 3.63) is 47.6 Å². The molecule has 0 fully saturated rings. The summed E-state index contributed by atoms with van der Waals surface area (Å²) in [5.41, 5.74) is 0.201. The quantitative estimate of drug-likeness (QED) is 0.762. The Hall–Kier alpha value is -2.41. The lowest BCUT2D eigenvalue weighted by atomic mass is 10.1. The molecule has 130 valence electrons. The van der Waals surface area contributed by atoms with E-state index in [1.165, 1.54) is 30.3 Å². The summed E-state index contributed by atoms with van der Waals surface area (Å²) < 4.78 is 28.3. The van der Waals surface area contributed by atoms with Crippen LogP contribution >= 0.6 is 0 Å². The molecule has 2 rings (SSSR count). The van der Waals surface area contributed by atoms with Crippen molar-refractivity contribution in [2.75, 3.05) is 20.3 Å². The SMILES string of the molecule is COCCC(C)CNC(=O)c1cc(COc2ccc(F)cc2)on1. The van der Waals surface area contributed by atoms with E-state index in [1.54, 1.807) is 7.11 Å². The van der Waals surface area contributed by atoms with Gasteiger partial charge in [0.25, 0.3) is 5.91 Å². The molecule has 0 saturated carbocycles. The number of hydrogen-bond donors (Lipinski definition) is 1. The van der Waals surface area contributed by atoms with Gasteiger partial charge in [-0.2, -0.15) is 0 Å². The minimum Gasteiger partial charge on any atom is -0.486 e. The average molecular weight is 336 g/mol. The summed E-state index contributed by atoms with van der Waals surface area (Å²) in [7, 11) is 1.65. The predicted molar refractivity (Wildman–Crippen MR) is 85.2 cm³/mol. The number of methoxy groups -OCH3 is 1. The fourth-order valence-electron chi connectivity index (χ4n) is 1.95. The van der Waals surface area contributed by atoms with E-state index in [9.17, 15) is 9.18 Å². The van der Waals surface area contributed by atoms with Crippen LogP contribution in [0.4, 0.5) is 4.39 Å². The Morgan fingerprint density at radius 2 is 2.12 bits per heavy atom. The number of carbonyl (C=O) groups excluding carboxylic acids is 1. The van der Waals surface area contributed by atoms with Crippen LogP contribution in [-0.2, 0) is 11.3 Å². The van der Waals surface area contributed by atoms with Gasteiger partial charge in [0.1, 0.15) is 18.2 Å². The zero-order chi connectivity index (χ0) is 17.4. The second-order valence-electron chi connectivity index (χ2n) is 5.52. The standard InChI is InChI=1S/C17H21FN2O4/c1-12(7-8-22-2)10-19-17(21)16-9-15(24-20-16)11-23-14-5-3-13(18)4-6-14/h3-6,9,12H,7-8,10-11H2,1-2H3,(H,19,21). The minimum atomic E-state index is -0.333. The van der Waals surface area contributed by atoms with Gasteiger partial charge >= 0.3 is 0 Å². The van der Waals surface area contributed by atoms with Crippen molar-refractivity contribution >= 4 is 5.91 Å². The molecule has 1 atom stereocenters. The van der Waals surface area contributed by atoms with Crippen molar-refractivity contribution < 1.29 is 23.2 Å². The summed E-state index contributed by atoms with van der Waals surface area (Å²) >= 11 is 0. The first-order valence-corrected chi connectivity index (χ1v) is 7.69. The monoisotopic (exact) mass is 336 g/mol. The van der Waals surface area contributed by atoms with E-state index < -0.39 is 0 Å². The number of hydrogen-bond acceptors (Lipinski definition) is 5. The molecule has 0 spiro atoms. The van der Waals surface area contributed by atoms with Gasteiger partial charge in [-0.05, 0) is 36.6 Å². The molecule has 24 heavy (non-hydrogen) atoms. The second kappa shape index (κ2) is 9.02. The van der Waals surface area contributed by atoms with Crippen molar-refractivity contribution in [1.29, 1.82) is 0 Å². The Balaban J connectivity index is 1.79. The first-order chi connectivity index (χ1) is 11.6. The van der Waals surface area contributed by atoms with Crippen LogP contribution in [0.5, 0.6) is 5.75 Å². The van der Waals surface area contributed by atoms with E-state index in [1.807, 2.05) is 6.92 Å². The van der Waals surface area contributed by atoms with Gasteiger partial charge in [-0.1, -0.05) is 12.1 Å². The molecule has 1 amide bonds. The van der Waals surface area contributed by atoms with Crippen LogP contribution in [0.3, 0.4) is 0 Å². The molecule has 1 heterocycles. The molecule has 1 N–H and O–H groups in total. The van der Waals surface area contributed by atoms with Gasteiger partial charge in [-0.15, -0.1) is 0 Å². The Kier molecular flexibility index (Phi) is 6.74. The van der Waals surface area contributed by atoms with Gasteiger partial charge in [0.05, 0.1) is 0 Å². The van der Waals surface area contributed by atoms with Gasteiger partial charge in [0, 0.05) is 26.3 Å². The van der Waals surface area contributed by atoms with Crippen molar-refractivity contribution in [2.45, 2.75) is 20.0 Å². The summed E-state index contributed by atoms with van der Waals surface area (Å²) in [5.74, 6) is 0.599. The maximum absolute atomic E-state index is 12.8. The summed E-state index contributed by atoms with van der Waals surface area (Å²) in [4.78, 5) is 12.0. The molecule has 0 aliphatic heterocycles. The zero-order valence-electron chi connectivity index (χ0n) is 13.8. The van der Waals surface area contributed by atoms with Crippen molar-refractivity contribution in [3.63, 3.8) is 0 Å². The first-order valence-electron chi connectivity index (χ1n) is 7.69. The highest BCUT2D eigenvalue weighted by Crippen LogP contribution is 2.14. The van der Waals surface area contributed by atoms with E-state index >= 15 is 0 Å². The van der Waals surface area contributed by atoms with Crippen LogP contribution in [-0.4, -0.2) is 31.3 Å². The number of nitrogens with one attached hydrogen (secondary N) is 1. The molecular formula is C17H21FN2O4. The molecule has 1 aromatic heterocycles. The number of ether oxygens (including phenoxy) is 2. The molecular weight excluding hydrogens is 315 g/mol. The van der Waals surface area contributed by atoms with Crippen LogP contribution in [0.1, 0.15) is 29.6 Å². The Labute approximate surface area is 139 Å². The zero-order valence-corrected chi connectivity index (χ0v) is 13.8.